The zero-order valence-corrected chi connectivity index (χ0v) is 15.9. The van der Waals surface area contributed by atoms with Crippen LogP contribution in [0.3, 0.4) is 0 Å². The standard InChI is InChI=1S/C20H17Cl2N3O2/c21-16-5-2-6-18(19(16)22)27-12-25-10-9-17(24-25)20(26)23-15-8-7-13-3-1-4-14(13)11-15/h2,5-11H,1,3-4,12H2,(H,23,26). The minimum atomic E-state index is -0.257. The van der Waals surface area contributed by atoms with Gasteiger partial charge in [0.2, 0.25) is 0 Å². The fourth-order valence-corrected chi connectivity index (χ4v) is 3.48. The Morgan fingerprint density at radius 2 is 2.00 bits per heavy atom. The van der Waals surface area contributed by atoms with Crippen LogP contribution in [-0.4, -0.2) is 15.7 Å². The normalized spacial score (nSPS) is 12.7. The van der Waals surface area contributed by atoms with E-state index in [1.807, 2.05) is 12.1 Å². The monoisotopic (exact) mass is 401 g/mol. The van der Waals surface area contributed by atoms with E-state index in [0.29, 0.717) is 21.5 Å². The molecule has 0 unspecified atom stereocenters. The number of aromatic nitrogens is 2. The molecule has 1 N–H and O–H groups in total. The fraction of sp³-hybridized carbons (Fsp3) is 0.200. The number of carbonyl (C=O) groups excluding carboxylic acids is 1. The first-order valence-corrected chi connectivity index (χ1v) is 9.39. The first-order valence-electron chi connectivity index (χ1n) is 8.63. The lowest BCUT2D eigenvalue weighted by molar-refractivity contribution is 0.102. The van der Waals surface area contributed by atoms with Crippen molar-refractivity contribution in [1.82, 2.24) is 9.78 Å². The van der Waals surface area contributed by atoms with Crippen molar-refractivity contribution in [2.75, 3.05) is 5.32 Å². The number of fused-ring (bicyclic) bond motifs is 1. The quantitative estimate of drug-likeness (QED) is 0.656. The average molecular weight is 402 g/mol. The summed E-state index contributed by atoms with van der Waals surface area (Å²) in [4.78, 5) is 12.4. The second kappa shape index (κ2) is 7.62. The topological polar surface area (TPSA) is 56.2 Å². The number of ether oxygens (including phenoxy) is 1. The zero-order chi connectivity index (χ0) is 18.8. The number of hydrogen-bond acceptors (Lipinski definition) is 3. The maximum absolute atomic E-state index is 12.4. The number of aryl methyl sites for hydroxylation is 2. The highest BCUT2D eigenvalue weighted by Gasteiger charge is 2.14. The minimum Gasteiger partial charge on any atom is -0.470 e. The van der Waals surface area contributed by atoms with Gasteiger partial charge in [-0.15, -0.1) is 0 Å². The molecule has 0 spiro atoms. The van der Waals surface area contributed by atoms with Crippen LogP contribution >= 0.6 is 23.2 Å². The van der Waals surface area contributed by atoms with Gasteiger partial charge < -0.3 is 10.1 Å². The van der Waals surface area contributed by atoms with E-state index >= 15 is 0 Å². The highest BCUT2D eigenvalue weighted by molar-refractivity contribution is 6.42. The number of carbonyl (C=O) groups is 1. The van der Waals surface area contributed by atoms with Crippen LogP contribution in [0.1, 0.15) is 28.0 Å². The van der Waals surface area contributed by atoms with Gasteiger partial charge in [0.05, 0.1) is 5.02 Å². The Labute approximate surface area is 166 Å². The van der Waals surface area contributed by atoms with Gasteiger partial charge >= 0.3 is 0 Å². The summed E-state index contributed by atoms with van der Waals surface area (Å²) in [6.45, 7) is 0.117. The summed E-state index contributed by atoms with van der Waals surface area (Å²) >= 11 is 12.1. The Morgan fingerprint density at radius 1 is 1.15 bits per heavy atom. The molecule has 0 radical (unpaired) electrons. The molecule has 1 heterocycles. The molecule has 7 heteroatoms. The average Bonchev–Trinajstić information content (AvgIpc) is 3.32. The Kier molecular flexibility index (Phi) is 5.05. The van der Waals surface area contributed by atoms with E-state index in [4.69, 9.17) is 27.9 Å². The van der Waals surface area contributed by atoms with Gasteiger partial charge in [0.25, 0.3) is 5.91 Å². The Hall–Kier alpha value is -2.50. The Morgan fingerprint density at radius 3 is 2.89 bits per heavy atom. The van der Waals surface area contributed by atoms with Crippen LogP contribution in [-0.2, 0) is 19.6 Å². The summed E-state index contributed by atoms with van der Waals surface area (Å²) in [7, 11) is 0. The van der Waals surface area contributed by atoms with Crippen molar-refractivity contribution in [2.24, 2.45) is 0 Å². The first-order chi connectivity index (χ1) is 13.1. The molecule has 27 heavy (non-hydrogen) atoms. The van der Waals surface area contributed by atoms with Gasteiger partial charge in [0.15, 0.2) is 12.4 Å². The van der Waals surface area contributed by atoms with Gasteiger partial charge in [-0.05, 0) is 60.7 Å². The molecule has 0 aliphatic heterocycles. The third-order valence-corrected chi connectivity index (χ3v) is 5.30. The lowest BCUT2D eigenvalue weighted by atomic mass is 10.1. The summed E-state index contributed by atoms with van der Waals surface area (Å²) in [6.07, 6.45) is 5.03. The second-order valence-electron chi connectivity index (χ2n) is 6.36. The highest BCUT2D eigenvalue weighted by atomic mass is 35.5. The van der Waals surface area contributed by atoms with Crippen molar-refractivity contribution in [2.45, 2.75) is 26.0 Å². The highest BCUT2D eigenvalue weighted by Crippen LogP contribution is 2.31. The molecule has 1 aliphatic carbocycles. The van der Waals surface area contributed by atoms with Crippen LogP contribution < -0.4 is 10.1 Å². The summed E-state index contributed by atoms with van der Waals surface area (Å²) in [5, 5.41) is 7.92. The number of benzene rings is 2. The molecule has 1 amide bonds. The van der Waals surface area contributed by atoms with Crippen molar-refractivity contribution in [3.05, 3.63) is 75.5 Å². The number of nitrogens with one attached hydrogen (secondary N) is 1. The van der Waals surface area contributed by atoms with E-state index < -0.39 is 0 Å². The van der Waals surface area contributed by atoms with Gasteiger partial charge in [-0.1, -0.05) is 35.3 Å². The van der Waals surface area contributed by atoms with E-state index in [1.165, 1.54) is 22.2 Å². The van der Waals surface area contributed by atoms with E-state index in [-0.39, 0.29) is 12.6 Å². The van der Waals surface area contributed by atoms with Gasteiger partial charge in [-0.2, -0.15) is 5.10 Å². The summed E-state index contributed by atoms with van der Waals surface area (Å²) in [6, 6.07) is 12.9. The largest absolute Gasteiger partial charge is 0.470 e. The van der Waals surface area contributed by atoms with Gasteiger partial charge in [0.1, 0.15) is 10.8 Å². The fourth-order valence-electron chi connectivity index (χ4n) is 3.13. The van der Waals surface area contributed by atoms with Crippen LogP contribution in [0.2, 0.25) is 10.0 Å². The van der Waals surface area contributed by atoms with Crippen molar-refractivity contribution in [1.29, 1.82) is 0 Å². The van der Waals surface area contributed by atoms with E-state index in [1.54, 1.807) is 30.5 Å². The molecule has 2 aromatic carbocycles. The maximum Gasteiger partial charge on any atom is 0.276 e. The van der Waals surface area contributed by atoms with Gasteiger partial charge in [-0.25, -0.2) is 4.68 Å². The van der Waals surface area contributed by atoms with Crippen LogP contribution in [0.5, 0.6) is 5.75 Å². The molecule has 0 bridgehead atoms. The Bertz CT molecular complexity index is 1000. The predicted molar refractivity (Wildman–Crippen MR) is 106 cm³/mol. The molecule has 3 aromatic rings. The molecule has 0 saturated carbocycles. The van der Waals surface area contributed by atoms with Crippen molar-refractivity contribution in [3.8, 4) is 5.75 Å². The molecule has 4 rings (SSSR count). The Balaban J connectivity index is 1.40. The van der Waals surface area contributed by atoms with Crippen molar-refractivity contribution >= 4 is 34.8 Å². The number of halogens is 2. The summed E-state index contributed by atoms with van der Waals surface area (Å²) in [5.74, 6) is 0.205. The predicted octanol–water partition coefficient (Wildman–Crippen LogP) is 4.97. The number of nitrogens with zero attached hydrogens (tertiary/aromatic N) is 2. The molecular weight excluding hydrogens is 385 g/mol. The molecule has 0 fully saturated rings. The van der Waals surface area contributed by atoms with Crippen LogP contribution in [0.4, 0.5) is 5.69 Å². The lowest BCUT2D eigenvalue weighted by Gasteiger charge is -2.09. The van der Waals surface area contributed by atoms with Gasteiger partial charge in [0, 0.05) is 11.9 Å². The third kappa shape index (κ3) is 3.94. The van der Waals surface area contributed by atoms with E-state index in [9.17, 15) is 4.79 Å². The maximum atomic E-state index is 12.4. The number of amides is 1. The molecule has 5 nitrogen and oxygen atoms in total. The van der Waals surface area contributed by atoms with E-state index in [2.05, 4.69) is 16.5 Å². The number of anilines is 1. The molecule has 1 aromatic heterocycles. The molecule has 0 atom stereocenters. The second-order valence-corrected chi connectivity index (χ2v) is 7.14. The lowest BCUT2D eigenvalue weighted by Crippen LogP contribution is -2.14. The number of hydrogen-bond donors (Lipinski definition) is 1. The molecule has 0 saturated heterocycles. The third-order valence-electron chi connectivity index (χ3n) is 4.50. The van der Waals surface area contributed by atoms with Gasteiger partial charge in [-0.3, -0.25) is 4.79 Å². The smallest absolute Gasteiger partial charge is 0.276 e. The van der Waals surface area contributed by atoms with Crippen LogP contribution in [0, 0.1) is 0 Å². The molecule has 138 valence electrons. The van der Waals surface area contributed by atoms with Crippen LogP contribution in [0.25, 0.3) is 0 Å². The molecular formula is C20H17Cl2N3O2. The summed E-state index contributed by atoms with van der Waals surface area (Å²) in [5.41, 5.74) is 3.78. The molecule has 1 aliphatic rings. The van der Waals surface area contributed by atoms with Crippen molar-refractivity contribution in [3.63, 3.8) is 0 Å². The first kappa shape index (κ1) is 17.9. The zero-order valence-electron chi connectivity index (χ0n) is 14.4. The van der Waals surface area contributed by atoms with E-state index in [0.717, 1.165) is 18.5 Å². The SMILES string of the molecule is O=C(Nc1ccc2c(c1)CCC2)c1ccn(COc2cccc(Cl)c2Cl)n1. The van der Waals surface area contributed by atoms with Crippen molar-refractivity contribution < 1.29 is 9.53 Å². The minimum absolute atomic E-state index is 0.117. The number of rotatable bonds is 5. The summed E-state index contributed by atoms with van der Waals surface area (Å²) < 4.78 is 7.14. The van der Waals surface area contributed by atoms with Crippen LogP contribution in [0.15, 0.2) is 48.7 Å².